The number of benzene rings is 1. The van der Waals surface area contributed by atoms with E-state index in [1.807, 2.05) is 20.8 Å². The average Bonchev–Trinajstić information content (AvgIpc) is 2.26. The van der Waals surface area contributed by atoms with Crippen molar-refractivity contribution in [2.45, 2.75) is 26.2 Å². The van der Waals surface area contributed by atoms with E-state index < -0.39 is 5.78 Å². The van der Waals surface area contributed by atoms with Crippen molar-refractivity contribution in [3.05, 3.63) is 29.3 Å². The second-order valence-corrected chi connectivity index (χ2v) is 4.61. The van der Waals surface area contributed by atoms with Gasteiger partial charge < -0.3 is 4.74 Å². The summed E-state index contributed by atoms with van der Waals surface area (Å²) in [6.07, 6.45) is 0. The zero-order chi connectivity index (χ0) is 12.3. The zero-order valence-electron chi connectivity index (χ0n) is 10.00. The summed E-state index contributed by atoms with van der Waals surface area (Å²) >= 11 is 0. The Kier molecular flexibility index (Phi) is 3.34. The molecule has 0 atom stereocenters. The largest absolute Gasteiger partial charge is 0.496 e. The first-order chi connectivity index (χ1) is 7.40. The lowest BCUT2D eigenvalue weighted by molar-refractivity contribution is 0.105. The van der Waals surface area contributed by atoms with Crippen molar-refractivity contribution in [2.75, 3.05) is 7.11 Å². The molecule has 1 aromatic carbocycles. The molecule has 1 rings (SSSR count). The highest BCUT2D eigenvalue weighted by molar-refractivity contribution is 6.07. The van der Waals surface area contributed by atoms with E-state index in [0.29, 0.717) is 5.56 Å². The van der Waals surface area contributed by atoms with Crippen LogP contribution >= 0.6 is 0 Å². The molecule has 0 aliphatic rings. The van der Waals surface area contributed by atoms with E-state index in [1.54, 1.807) is 31.4 Å². The standard InChI is InChI=1S/C13H15NO2/c1-13(2,3)10-7-9(11(15)8-14)5-6-12(10)16-4/h5-7H,1-4H3. The molecule has 3 heteroatoms. The summed E-state index contributed by atoms with van der Waals surface area (Å²) in [6, 6.07) is 6.68. The molecule has 1 aromatic rings. The number of carbonyl (C=O) groups excluding carboxylic acids is 1. The SMILES string of the molecule is COc1ccc(C(=O)C#N)cc1C(C)(C)C. The third-order valence-corrected chi connectivity index (χ3v) is 2.37. The summed E-state index contributed by atoms with van der Waals surface area (Å²) in [7, 11) is 1.59. The van der Waals surface area contributed by atoms with Crippen LogP contribution in [0.25, 0.3) is 0 Å². The molecular formula is C13H15NO2. The van der Waals surface area contributed by atoms with Gasteiger partial charge in [-0.2, -0.15) is 5.26 Å². The first-order valence-corrected chi connectivity index (χ1v) is 5.03. The van der Waals surface area contributed by atoms with E-state index >= 15 is 0 Å². The molecule has 0 fully saturated rings. The Balaban J connectivity index is 3.34. The number of rotatable bonds is 2. The number of ether oxygens (including phenoxy) is 1. The van der Waals surface area contributed by atoms with Crippen LogP contribution < -0.4 is 4.74 Å². The smallest absolute Gasteiger partial charge is 0.262 e. The molecule has 0 amide bonds. The van der Waals surface area contributed by atoms with Crippen molar-refractivity contribution in [1.82, 2.24) is 0 Å². The van der Waals surface area contributed by atoms with Crippen LogP contribution in [0.4, 0.5) is 0 Å². The number of Topliss-reactive ketones (excluding diaryl/α,β-unsaturated/α-hetero) is 1. The Hall–Kier alpha value is -1.82. The summed E-state index contributed by atoms with van der Waals surface area (Å²) in [4.78, 5) is 11.3. The summed E-state index contributed by atoms with van der Waals surface area (Å²) in [5.74, 6) is 0.218. The van der Waals surface area contributed by atoms with E-state index in [9.17, 15) is 4.79 Å². The number of nitriles is 1. The van der Waals surface area contributed by atoms with Crippen LogP contribution in [0.2, 0.25) is 0 Å². The van der Waals surface area contributed by atoms with E-state index in [0.717, 1.165) is 11.3 Å². The molecule has 0 N–H and O–H groups in total. The van der Waals surface area contributed by atoms with Crippen LogP contribution in [0.1, 0.15) is 36.7 Å². The van der Waals surface area contributed by atoms with E-state index in [4.69, 9.17) is 10.00 Å². The Labute approximate surface area is 95.7 Å². The fourth-order valence-corrected chi connectivity index (χ4v) is 1.50. The third-order valence-electron chi connectivity index (χ3n) is 2.37. The van der Waals surface area contributed by atoms with Gasteiger partial charge in [0.1, 0.15) is 11.8 Å². The second kappa shape index (κ2) is 4.36. The predicted molar refractivity (Wildman–Crippen MR) is 61.6 cm³/mol. The molecule has 0 heterocycles. The maximum absolute atomic E-state index is 11.3. The highest BCUT2D eigenvalue weighted by Gasteiger charge is 2.20. The summed E-state index contributed by atoms with van der Waals surface area (Å²) < 4.78 is 5.25. The van der Waals surface area contributed by atoms with Crippen molar-refractivity contribution in [2.24, 2.45) is 0 Å². The summed E-state index contributed by atoms with van der Waals surface area (Å²) in [5, 5.41) is 8.58. The number of hydrogen-bond donors (Lipinski definition) is 0. The molecule has 0 saturated carbocycles. The van der Waals surface area contributed by atoms with Gasteiger partial charge in [0.25, 0.3) is 5.78 Å². The lowest BCUT2D eigenvalue weighted by Crippen LogP contribution is -2.14. The monoisotopic (exact) mass is 217 g/mol. The fourth-order valence-electron chi connectivity index (χ4n) is 1.50. The molecule has 3 nitrogen and oxygen atoms in total. The Bertz CT molecular complexity index is 450. The molecule has 0 aliphatic carbocycles. The van der Waals surface area contributed by atoms with E-state index in [1.165, 1.54) is 0 Å². The van der Waals surface area contributed by atoms with Crippen molar-refractivity contribution >= 4 is 5.78 Å². The Morgan fingerprint density at radius 2 is 2.00 bits per heavy atom. The topological polar surface area (TPSA) is 50.1 Å². The Morgan fingerprint density at radius 3 is 2.44 bits per heavy atom. The fraction of sp³-hybridized carbons (Fsp3) is 0.385. The average molecular weight is 217 g/mol. The first kappa shape index (κ1) is 12.3. The molecule has 0 saturated heterocycles. The highest BCUT2D eigenvalue weighted by Crippen LogP contribution is 2.31. The van der Waals surface area contributed by atoms with Crippen LogP contribution in [0.5, 0.6) is 5.75 Å². The number of hydrogen-bond acceptors (Lipinski definition) is 3. The van der Waals surface area contributed by atoms with E-state index in [2.05, 4.69) is 0 Å². The van der Waals surface area contributed by atoms with Gasteiger partial charge in [-0.15, -0.1) is 0 Å². The zero-order valence-corrected chi connectivity index (χ0v) is 10.00. The molecule has 0 radical (unpaired) electrons. The molecule has 0 aromatic heterocycles. The van der Waals surface area contributed by atoms with Gasteiger partial charge in [-0.1, -0.05) is 20.8 Å². The van der Waals surface area contributed by atoms with E-state index in [-0.39, 0.29) is 5.41 Å². The van der Waals surface area contributed by atoms with Crippen LogP contribution in [0.3, 0.4) is 0 Å². The maximum atomic E-state index is 11.3. The number of nitrogens with zero attached hydrogens (tertiary/aromatic N) is 1. The number of ketones is 1. The van der Waals surface area contributed by atoms with Crippen LogP contribution in [0.15, 0.2) is 18.2 Å². The number of carbonyl (C=O) groups is 1. The minimum atomic E-state index is -0.520. The van der Waals surface area contributed by atoms with Crippen molar-refractivity contribution < 1.29 is 9.53 Å². The minimum absolute atomic E-state index is 0.128. The maximum Gasteiger partial charge on any atom is 0.262 e. The molecule has 84 valence electrons. The molecular weight excluding hydrogens is 202 g/mol. The minimum Gasteiger partial charge on any atom is -0.496 e. The molecule has 0 aliphatic heterocycles. The van der Waals surface area contributed by atoms with Gasteiger partial charge in [-0.25, -0.2) is 0 Å². The molecule has 0 bridgehead atoms. The van der Waals surface area contributed by atoms with Gasteiger partial charge in [0.2, 0.25) is 0 Å². The molecule has 0 unspecified atom stereocenters. The van der Waals surface area contributed by atoms with Gasteiger partial charge in [0.15, 0.2) is 0 Å². The normalized spacial score (nSPS) is 10.7. The van der Waals surface area contributed by atoms with Gasteiger partial charge in [0.05, 0.1) is 7.11 Å². The van der Waals surface area contributed by atoms with Crippen LogP contribution in [0, 0.1) is 11.3 Å². The third kappa shape index (κ3) is 2.40. The van der Waals surface area contributed by atoms with Crippen LogP contribution in [-0.4, -0.2) is 12.9 Å². The van der Waals surface area contributed by atoms with Gasteiger partial charge in [0, 0.05) is 11.1 Å². The number of methoxy groups -OCH3 is 1. The second-order valence-electron chi connectivity index (χ2n) is 4.61. The van der Waals surface area contributed by atoms with Crippen molar-refractivity contribution in [1.29, 1.82) is 5.26 Å². The molecule has 16 heavy (non-hydrogen) atoms. The van der Waals surface area contributed by atoms with Crippen LogP contribution in [-0.2, 0) is 5.41 Å². The lowest BCUT2D eigenvalue weighted by Gasteiger charge is -2.22. The summed E-state index contributed by atoms with van der Waals surface area (Å²) in [6.45, 7) is 6.10. The summed E-state index contributed by atoms with van der Waals surface area (Å²) in [5.41, 5.74) is 1.21. The molecule has 0 spiro atoms. The van der Waals surface area contributed by atoms with Gasteiger partial charge in [-0.3, -0.25) is 4.79 Å². The first-order valence-electron chi connectivity index (χ1n) is 5.03. The van der Waals surface area contributed by atoms with Crippen molar-refractivity contribution in [3.63, 3.8) is 0 Å². The quantitative estimate of drug-likeness (QED) is 0.565. The Morgan fingerprint density at radius 1 is 1.38 bits per heavy atom. The van der Waals surface area contributed by atoms with Gasteiger partial charge >= 0.3 is 0 Å². The predicted octanol–water partition coefficient (Wildman–Crippen LogP) is 2.70. The lowest BCUT2D eigenvalue weighted by atomic mass is 9.85. The van der Waals surface area contributed by atoms with Crippen molar-refractivity contribution in [3.8, 4) is 11.8 Å². The highest BCUT2D eigenvalue weighted by atomic mass is 16.5. The van der Waals surface area contributed by atoms with Gasteiger partial charge in [-0.05, 0) is 23.6 Å².